The van der Waals surface area contributed by atoms with Crippen LogP contribution in [0.4, 0.5) is 0 Å². The van der Waals surface area contributed by atoms with Crippen LogP contribution in [0.3, 0.4) is 0 Å². The van der Waals surface area contributed by atoms with Crippen LogP contribution in [0.15, 0.2) is 12.3 Å². The zero-order valence-electron chi connectivity index (χ0n) is 8.16. The second-order valence-corrected chi connectivity index (χ2v) is 3.90. The average molecular weight is 191 g/mol. The first-order chi connectivity index (χ1) is 6.66. The van der Waals surface area contributed by atoms with Gasteiger partial charge in [-0.15, -0.1) is 0 Å². The van der Waals surface area contributed by atoms with Crippen molar-refractivity contribution in [2.24, 2.45) is 5.92 Å². The lowest BCUT2D eigenvalue weighted by atomic mass is 9.86. The van der Waals surface area contributed by atoms with E-state index in [-0.39, 0.29) is 5.92 Å². The summed E-state index contributed by atoms with van der Waals surface area (Å²) in [6.45, 7) is 1.98. The van der Waals surface area contributed by atoms with E-state index >= 15 is 0 Å². The van der Waals surface area contributed by atoms with Crippen LogP contribution in [0.5, 0.6) is 0 Å². The second kappa shape index (κ2) is 3.40. The van der Waals surface area contributed by atoms with E-state index in [0.717, 1.165) is 29.7 Å². The highest BCUT2D eigenvalue weighted by atomic mass is 16.4. The van der Waals surface area contributed by atoms with Crippen LogP contribution in [-0.4, -0.2) is 16.1 Å². The van der Waals surface area contributed by atoms with Gasteiger partial charge in [0, 0.05) is 11.9 Å². The Morgan fingerprint density at radius 3 is 3.14 bits per heavy atom. The van der Waals surface area contributed by atoms with Crippen molar-refractivity contribution in [1.29, 1.82) is 0 Å². The maximum atomic E-state index is 10.8. The van der Waals surface area contributed by atoms with E-state index in [9.17, 15) is 4.79 Å². The van der Waals surface area contributed by atoms with Gasteiger partial charge in [-0.25, -0.2) is 0 Å². The fourth-order valence-corrected chi connectivity index (χ4v) is 1.95. The minimum Gasteiger partial charge on any atom is -0.481 e. The molecule has 2 rings (SSSR count). The zero-order chi connectivity index (χ0) is 10.1. The summed E-state index contributed by atoms with van der Waals surface area (Å²) < 4.78 is 0. The molecule has 1 atom stereocenters. The number of aliphatic carboxylic acids is 1. The molecule has 0 aliphatic heterocycles. The van der Waals surface area contributed by atoms with Gasteiger partial charge in [0.05, 0.1) is 5.92 Å². The number of hydrogen-bond donors (Lipinski definition) is 1. The molecule has 1 aliphatic rings. The Morgan fingerprint density at radius 1 is 1.64 bits per heavy atom. The first-order valence-electron chi connectivity index (χ1n) is 4.84. The summed E-state index contributed by atoms with van der Waals surface area (Å²) in [7, 11) is 0. The molecule has 1 N–H and O–H groups in total. The van der Waals surface area contributed by atoms with E-state index in [1.807, 2.05) is 13.1 Å². The first-order valence-corrected chi connectivity index (χ1v) is 4.84. The van der Waals surface area contributed by atoms with Crippen molar-refractivity contribution in [3.63, 3.8) is 0 Å². The summed E-state index contributed by atoms with van der Waals surface area (Å²) >= 11 is 0. The third kappa shape index (κ3) is 1.62. The van der Waals surface area contributed by atoms with Crippen LogP contribution in [0.1, 0.15) is 23.2 Å². The molecule has 3 heteroatoms. The molecule has 0 spiro atoms. The van der Waals surface area contributed by atoms with Crippen LogP contribution in [0.25, 0.3) is 0 Å². The molecule has 0 fully saturated rings. The number of carbonyl (C=O) groups is 1. The molecule has 1 heterocycles. The van der Waals surface area contributed by atoms with Crippen molar-refractivity contribution in [1.82, 2.24) is 4.98 Å². The molecule has 1 aromatic heterocycles. The van der Waals surface area contributed by atoms with Gasteiger partial charge >= 0.3 is 5.97 Å². The molecule has 1 unspecified atom stereocenters. The number of pyridine rings is 1. The van der Waals surface area contributed by atoms with Gasteiger partial charge in [-0.2, -0.15) is 0 Å². The maximum absolute atomic E-state index is 10.8. The predicted molar refractivity (Wildman–Crippen MR) is 52.1 cm³/mol. The van der Waals surface area contributed by atoms with Crippen molar-refractivity contribution < 1.29 is 9.90 Å². The Hall–Kier alpha value is -1.38. The van der Waals surface area contributed by atoms with Gasteiger partial charge < -0.3 is 5.11 Å². The van der Waals surface area contributed by atoms with Gasteiger partial charge in [0.15, 0.2) is 0 Å². The quantitative estimate of drug-likeness (QED) is 0.733. The molecule has 0 saturated heterocycles. The Bertz CT molecular complexity index is 374. The minimum atomic E-state index is -0.683. The molecule has 74 valence electrons. The number of fused-ring (bicyclic) bond motifs is 1. The van der Waals surface area contributed by atoms with E-state index in [4.69, 9.17) is 5.11 Å². The van der Waals surface area contributed by atoms with Gasteiger partial charge in [-0.1, -0.05) is 6.07 Å². The third-order valence-electron chi connectivity index (χ3n) is 2.74. The van der Waals surface area contributed by atoms with E-state index in [2.05, 4.69) is 11.1 Å². The number of rotatable bonds is 1. The summed E-state index contributed by atoms with van der Waals surface area (Å²) in [6, 6.07) is 2.05. The fraction of sp³-hybridized carbons (Fsp3) is 0.455. The normalized spacial score (nSPS) is 20.2. The molecule has 0 saturated carbocycles. The monoisotopic (exact) mass is 191 g/mol. The minimum absolute atomic E-state index is 0.217. The van der Waals surface area contributed by atoms with Gasteiger partial charge in [0.2, 0.25) is 0 Å². The lowest BCUT2D eigenvalue weighted by Gasteiger charge is -2.20. The molecule has 0 bridgehead atoms. The van der Waals surface area contributed by atoms with Crippen LogP contribution in [0.2, 0.25) is 0 Å². The SMILES string of the molecule is Cc1cnc2c(c1)CC(C(=O)O)CC2. The summed E-state index contributed by atoms with van der Waals surface area (Å²) in [5.74, 6) is -0.900. The first kappa shape index (κ1) is 9.19. The Balaban J connectivity index is 2.29. The number of nitrogens with zero attached hydrogens (tertiary/aromatic N) is 1. The van der Waals surface area contributed by atoms with Crippen LogP contribution in [-0.2, 0) is 17.6 Å². The summed E-state index contributed by atoms with van der Waals surface area (Å²) in [5.41, 5.74) is 3.30. The highest BCUT2D eigenvalue weighted by molar-refractivity contribution is 5.70. The van der Waals surface area contributed by atoms with Crippen LogP contribution in [0, 0.1) is 12.8 Å². The molecule has 14 heavy (non-hydrogen) atoms. The number of aromatic nitrogens is 1. The summed E-state index contributed by atoms with van der Waals surface area (Å²) in [5, 5.41) is 8.91. The Morgan fingerprint density at radius 2 is 2.43 bits per heavy atom. The molecule has 0 aromatic carbocycles. The summed E-state index contributed by atoms with van der Waals surface area (Å²) in [4.78, 5) is 15.1. The largest absolute Gasteiger partial charge is 0.481 e. The van der Waals surface area contributed by atoms with Crippen molar-refractivity contribution in [3.8, 4) is 0 Å². The molecule has 1 aliphatic carbocycles. The average Bonchev–Trinajstić information content (AvgIpc) is 2.16. The van der Waals surface area contributed by atoms with E-state index in [1.165, 1.54) is 0 Å². The van der Waals surface area contributed by atoms with E-state index < -0.39 is 5.97 Å². The smallest absolute Gasteiger partial charge is 0.306 e. The Kier molecular flexibility index (Phi) is 2.23. The number of carboxylic acid groups (broad SMARTS) is 1. The molecule has 0 radical (unpaired) electrons. The lowest BCUT2D eigenvalue weighted by molar-refractivity contribution is -0.142. The van der Waals surface area contributed by atoms with Crippen LogP contribution >= 0.6 is 0 Å². The van der Waals surface area contributed by atoms with E-state index in [1.54, 1.807) is 0 Å². The number of carboxylic acids is 1. The predicted octanol–water partition coefficient (Wildman–Crippen LogP) is 1.58. The number of hydrogen-bond acceptors (Lipinski definition) is 2. The van der Waals surface area contributed by atoms with E-state index in [0.29, 0.717) is 6.42 Å². The maximum Gasteiger partial charge on any atom is 0.306 e. The molecular weight excluding hydrogens is 178 g/mol. The van der Waals surface area contributed by atoms with Crippen molar-refractivity contribution in [2.45, 2.75) is 26.2 Å². The van der Waals surface area contributed by atoms with Crippen molar-refractivity contribution >= 4 is 5.97 Å². The fourth-order valence-electron chi connectivity index (χ4n) is 1.95. The molecular formula is C11H13NO2. The Labute approximate surface area is 82.8 Å². The molecule has 3 nitrogen and oxygen atoms in total. The lowest BCUT2D eigenvalue weighted by Crippen LogP contribution is -2.22. The van der Waals surface area contributed by atoms with Crippen molar-refractivity contribution in [3.05, 3.63) is 29.1 Å². The standard InChI is InChI=1S/C11H13NO2/c1-7-4-9-5-8(11(13)14)2-3-10(9)12-6-7/h4,6,8H,2-3,5H2,1H3,(H,13,14). The molecule has 1 aromatic rings. The topological polar surface area (TPSA) is 50.2 Å². The number of aryl methyl sites for hydroxylation is 2. The third-order valence-corrected chi connectivity index (χ3v) is 2.74. The summed E-state index contributed by atoms with van der Waals surface area (Å²) in [6.07, 6.45) is 4.00. The zero-order valence-corrected chi connectivity index (χ0v) is 8.16. The van der Waals surface area contributed by atoms with Gasteiger partial charge in [0.1, 0.15) is 0 Å². The second-order valence-electron chi connectivity index (χ2n) is 3.90. The highest BCUT2D eigenvalue weighted by Gasteiger charge is 2.24. The molecule has 0 amide bonds. The van der Waals surface area contributed by atoms with Gasteiger partial charge in [-0.05, 0) is 37.3 Å². The highest BCUT2D eigenvalue weighted by Crippen LogP contribution is 2.24. The van der Waals surface area contributed by atoms with Gasteiger partial charge in [0.25, 0.3) is 0 Å². The van der Waals surface area contributed by atoms with Crippen molar-refractivity contribution in [2.75, 3.05) is 0 Å². The van der Waals surface area contributed by atoms with Gasteiger partial charge in [-0.3, -0.25) is 9.78 Å². The van der Waals surface area contributed by atoms with Crippen LogP contribution < -0.4 is 0 Å².